The van der Waals surface area contributed by atoms with E-state index < -0.39 is 17.1 Å². The Kier molecular flexibility index (Phi) is 3.37. The fraction of sp³-hybridized carbons (Fsp3) is 0.250. The first-order chi connectivity index (χ1) is 9.00. The highest BCUT2D eigenvalue weighted by Crippen LogP contribution is 2.11. The summed E-state index contributed by atoms with van der Waals surface area (Å²) in [7, 11) is 0. The van der Waals surface area contributed by atoms with E-state index in [4.69, 9.17) is 5.11 Å². The molecule has 0 radical (unpaired) electrons. The second kappa shape index (κ2) is 4.97. The average Bonchev–Trinajstić information content (AvgIpc) is 2.39. The topological polar surface area (TPSA) is 98.0 Å². The first-order valence-corrected chi connectivity index (χ1v) is 5.63. The minimum Gasteiger partial charge on any atom is -0.476 e. The number of carbonyl (C=O) groups is 1. The third-order valence-electron chi connectivity index (χ3n) is 2.58. The predicted octanol–water partition coefficient (Wildman–Crippen LogP) is 0.844. The van der Waals surface area contributed by atoms with Gasteiger partial charge < -0.3 is 5.11 Å². The molecular formula is C12H12N4O3. The first kappa shape index (κ1) is 12.9. The van der Waals surface area contributed by atoms with Crippen LogP contribution in [0.25, 0.3) is 5.69 Å². The van der Waals surface area contributed by atoms with Gasteiger partial charge in [0.05, 0.1) is 12.4 Å². The van der Waals surface area contributed by atoms with Crippen LogP contribution in [0.15, 0.2) is 29.7 Å². The van der Waals surface area contributed by atoms with Crippen molar-refractivity contribution in [1.82, 2.24) is 19.7 Å². The molecule has 0 saturated carbocycles. The molecule has 2 aromatic heterocycles. The van der Waals surface area contributed by atoms with Crippen molar-refractivity contribution >= 4 is 5.97 Å². The molecule has 0 amide bonds. The number of carboxylic acids is 1. The van der Waals surface area contributed by atoms with Crippen molar-refractivity contribution in [3.63, 3.8) is 0 Å². The molecule has 0 aliphatic rings. The van der Waals surface area contributed by atoms with Crippen molar-refractivity contribution in [2.24, 2.45) is 0 Å². The van der Waals surface area contributed by atoms with Gasteiger partial charge in [-0.3, -0.25) is 4.79 Å². The van der Waals surface area contributed by atoms with E-state index in [0.717, 1.165) is 0 Å². The van der Waals surface area contributed by atoms with E-state index in [9.17, 15) is 9.59 Å². The molecule has 0 aromatic carbocycles. The van der Waals surface area contributed by atoms with Gasteiger partial charge in [-0.1, -0.05) is 13.8 Å². The highest BCUT2D eigenvalue weighted by molar-refractivity contribution is 5.85. The van der Waals surface area contributed by atoms with Gasteiger partial charge in [-0.25, -0.2) is 19.4 Å². The van der Waals surface area contributed by atoms with Gasteiger partial charge >= 0.3 is 5.97 Å². The third kappa shape index (κ3) is 2.49. The monoisotopic (exact) mass is 260 g/mol. The van der Waals surface area contributed by atoms with Crippen LogP contribution in [-0.2, 0) is 0 Å². The molecular weight excluding hydrogens is 248 g/mol. The molecule has 0 unspecified atom stereocenters. The Morgan fingerprint density at radius 3 is 2.47 bits per heavy atom. The number of hydrogen-bond acceptors (Lipinski definition) is 5. The number of nitrogens with zero attached hydrogens (tertiary/aromatic N) is 4. The van der Waals surface area contributed by atoms with Crippen LogP contribution < -0.4 is 5.43 Å². The lowest BCUT2D eigenvalue weighted by Gasteiger charge is -2.10. The Balaban J connectivity index is 2.70. The van der Waals surface area contributed by atoms with Gasteiger partial charge in [0.15, 0.2) is 0 Å². The van der Waals surface area contributed by atoms with Crippen molar-refractivity contribution < 1.29 is 9.90 Å². The Labute approximate surface area is 108 Å². The van der Waals surface area contributed by atoms with Crippen LogP contribution in [-0.4, -0.2) is 30.8 Å². The molecule has 19 heavy (non-hydrogen) atoms. The fourth-order valence-electron chi connectivity index (χ4n) is 1.60. The molecule has 1 N–H and O–H groups in total. The lowest BCUT2D eigenvalue weighted by molar-refractivity contribution is 0.0686. The van der Waals surface area contributed by atoms with E-state index in [2.05, 4.69) is 15.1 Å². The highest BCUT2D eigenvalue weighted by atomic mass is 16.4. The lowest BCUT2D eigenvalue weighted by atomic mass is 10.0. The van der Waals surface area contributed by atoms with E-state index >= 15 is 0 Å². The van der Waals surface area contributed by atoms with Crippen molar-refractivity contribution in [2.45, 2.75) is 19.8 Å². The van der Waals surface area contributed by atoms with E-state index in [-0.39, 0.29) is 5.92 Å². The van der Waals surface area contributed by atoms with Crippen molar-refractivity contribution in [1.29, 1.82) is 0 Å². The maximum atomic E-state index is 11.9. The Bertz CT molecular complexity index is 664. The number of carboxylic acid groups (broad SMARTS) is 1. The smallest absolute Gasteiger partial charge is 0.360 e. The van der Waals surface area contributed by atoms with Crippen LogP contribution in [0.2, 0.25) is 0 Å². The van der Waals surface area contributed by atoms with Gasteiger partial charge in [0.2, 0.25) is 11.1 Å². The third-order valence-corrected chi connectivity index (χ3v) is 2.58. The van der Waals surface area contributed by atoms with Crippen LogP contribution in [0.1, 0.15) is 35.8 Å². The largest absolute Gasteiger partial charge is 0.476 e. The maximum Gasteiger partial charge on any atom is 0.360 e. The second-order valence-electron chi connectivity index (χ2n) is 4.26. The van der Waals surface area contributed by atoms with E-state index in [1.807, 2.05) is 13.8 Å². The standard InChI is InChI=1S/C12H12N4O3/c1-7(2)9-5-16(8-3-13-6-14-4-8)15-10(11(9)17)12(18)19/h3-7H,1-2H3,(H,18,19). The molecule has 7 nitrogen and oxygen atoms in total. The van der Waals surface area contributed by atoms with Gasteiger partial charge in [0, 0.05) is 11.8 Å². The number of aromatic nitrogens is 4. The molecule has 7 heteroatoms. The summed E-state index contributed by atoms with van der Waals surface area (Å²) in [6.07, 6.45) is 5.84. The zero-order chi connectivity index (χ0) is 14.0. The molecule has 2 rings (SSSR count). The Hall–Kier alpha value is -2.57. The summed E-state index contributed by atoms with van der Waals surface area (Å²) in [6, 6.07) is 0. The van der Waals surface area contributed by atoms with Gasteiger partial charge in [0.25, 0.3) is 0 Å². The molecule has 0 bridgehead atoms. The van der Waals surface area contributed by atoms with Crippen LogP contribution in [0.4, 0.5) is 0 Å². The molecule has 0 aliphatic carbocycles. The molecule has 0 saturated heterocycles. The average molecular weight is 260 g/mol. The first-order valence-electron chi connectivity index (χ1n) is 5.63. The minimum absolute atomic E-state index is 0.107. The van der Waals surface area contributed by atoms with Crippen LogP contribution in [0.3, 0.4) is 0 Å². The number of hydrogen-bond donors (Lipinski definition) is 1. The molecule has 2 heterocycles. The van der Waals surface area contributed by atoms with Crippen molar-refractivity contribution in [3.8, 4) is 5.69 Å². The summed E-state index contributed by atoms with van der Waals surface area (Å²) < 4.78 is 1.31. The molecule has 0 spiro atoms. The summed E-state index contributed by atoms with van der Waals surface area (Å²) in [5, 5.41) is 12.8. The Morgan fingerprint density at radius 1 is 1.32 bits per heavy atom. The summed E-state index contributed by atoms with van der Waals surface area (Å²) in [5.74, 6) is -1.46. The Morgan fingerprint density at radius 2 is 1.95 bits per heavy atom. The normalized spacial score (nSPS) is 10.7. The fourth-order valence-corrected chi connectivity index (χ4v) is 1.60. The van der Waals surface area contributed by atoms with Crippen LogP contribution >= 0.6 is 0 Å². The van der Waals surface area contributed by atoms with Crippen molar-refractivity contribution in [2.75, 3.05) is 0 Å². The second-order valence-corrected chi connectivity index (χ2v) is 4.26. The quantitative estimate of drug-likeness (QED) is 0.878. The lowest BCUT2D eigenvalue weighted by Crippen LogP contribution is -2.25. The van der Waals surface area contributed by atoms with Gasteiger partial charge in [-0.2, -0.15) is 5.10 Å². The summed E-state index contributed by atoms with van der Waals surface area (Å²) in [6.45, 7) is 3.63. The maximum absolute atomic E-state index is 11.9. The van der Waals surface area contributed by atoms with Crippen LogP contribution in [0, 0.1) is 0 Å². The van der Waals surface area contributed by atoms with Crippen molar-refractivity contribution in [3.05, 3.63) is 46.4 Å². The zero-order valence-electron chi connectivity index (χ0n) is 10.4. The van der Waals surface area contributed by atoms with Crippen LogP contribution in [0.5, 0.6) is 0 Å². The van der Waals surface area contributed by atoms with E-state index in [0.29, 0.717) is 11.3 Å². The summed E-state index contributed by atoms with van der Waals surface area (Å²) in [5.41, 5.74) is -0.186. The molecule has 0 aliphatic heterocycles. The SMILES string of the molecule is CC(C)c1cn(-c2cncnc2)nc(C(=O)O)c1=O. The molecule has 2 aromatic rings. The van der Waals surface area contributed by atoms with E-state index in [1.54, 1.807) is 0 Å². The van der Waals surface area contributed by atoms with Gasteiger partial charge in [-0.05, 0) is 5.92 Å². The highest BCUT2D eigenvalue weighted by Gasteiger charge is 2.18. The summed E-state index contributed by atoms with van der Waals surface area (Å²) >= 11 is 0. The summed E-state index contributed by atoms with van der Waals surface area (Å²) in [4.78, 5) is 30.7. The minimum atomic E-state index is -1.35. The predicted molar refractivity (Wildman–Crippen MR) is 66.5 cm³/mol. The number of aromatic carboxylic acids is 1. The van der Waals surface area contributed by atoms with Gasteiger partial charge in [-0.15, -0.1) is 0 Å². The molecule has 0 atom stereocenters. The zero-order valence-corrected chi connectivity index (χ0v) is 10.4. The number of rotatable bonds is 3. The van der Waals surface area contributed by atoms with E-state index in [1.165, 1.54) is 29.6 Å². The molecule has 98 valence electrons. The molecule has 0 fully saturated rings. The van der Waals surface area contributed by atoms with Gasteiger partial charge in [0.1, 0.15) is 12.0 Å².